The first-order valence-electron chi connectivity index (χ1n) is 5.87. The van der Waals surface area contributed by atoms with E-state index in [0.717, 1.165) is 31.4 Å². The maximum absolute atomic E-state index is 9.79. The van der Waals surface area contributed by atoms with Gasteiger partial charge in [-0.1, -0.05) is 27.7 Å². The summed E-state index contributed by atoms with van der Waals surface area (Å²) >= 11 is 0. The quantitative estimate of drug-likeness (QED) is 0.811. The highest BCUT2D eigenvalue weighted by Crippen LogP contribution is 2.24. The zero-order valence-corrected chi connectivity index (χ0v) is 10.2. The van der Waals surface area contributed by atoms with Crippen LogP contribution < -0.4 is 0 Å². The van der Waals surface area contributed by atoms with Crippen molar-refractivity contribution in [3.63, 3.8) is 0 Å². The first kappa shape index (κ1) is 12.1. The summed E-state index contributed by atoms with van der Waals surface area (Å²) in [6.45, 7) is 9.47. The van der Waals surface area contributed by atoms with Crippen molar-refractivity contribution in [2.45, 2.75) is 53.5 Å². The molecule has 0 aliphatic rings. The highest BCUT2D eigenvalue weighted by atomic mass is 16.3. The Hall–Kier alpha value is -0.990. The number of hydrogen-bond donors (Lipinski definition) is 1. The first-order valence-corrected chi connectivity index (χ1v) is 5.87. The van der Waals surface area contributed by atoms with E-state index in [1.807, 2.05) is 4.68 Å². The maximum Gasteiger partial charge on any atom is 0.233 e. The molecule has 0 saturated heterocycles. The molecular formula is C12H22N2O. The molecule has 0 spiro atoms. The van der Waals surface area contributed by atoms with Crippen LogP contribution in [0.1, 0.15) is 45.4 Å². The first-order chi connectivity index (χ1) is 7.10. The maximum atomic E-state index is 9.79. The number of aryl methyl sites for hydroxylation is 1. The third kappa shape index (κ3) is 2.74. The van der Waals surface area contributed by atoms with Gasteiger partial charge < -0.3 is 5.11 Å². The third-order valence-electron chi connectivity index (χ3n) is 2.53. The lowest BCUT2D eigenvalue weighted by Gasteiger charge is -2.07. The monoisotopic (exact) mass is 210 g/mol. The third-order valence-corrected chi connectivity index (χ3v) is 2.53. The van der Waals surface area contributed by atoms with Crippen LogP contribution in [-0.2, 0) is 19.4 Å². The smallest absolute Gasteiger partial charge is 0.233 e. The summed E-state index contributed by atoms with van der Waals surface area (Å²) in [5.41, 5.74) is 2.24. The second-order valence-corrected chi connectivity index (χ2v) is 4.42. The highest BCUT2D eigenvalue weighted by molar-refractivity contribution is 5.30. The van der Waals surface area contributed by atoms with Crippen LogP contribution in [0.5, 0.6) is 5.88 Å². The predicted molar refractivity (Wildman–Crippen MR) is 62.1 cm³/mol. The van der Waals surface area contributed by atoms with E-state index in [1.165, 1.54) is 5.69 Å². The van der Waals surface area contributed by atoms with Crippen LogP contribution in [0.2, 0.25) is 0 Å². The summed E-state index contributed by atoms with van der Waals surface area (Å²) in [7, 11) is 0. The van der Waals surface area contributed by atoms with Crippen molar-refractivity contribution in [1.82, 2.24) is 9.78 Å². The van der Waals surface area contributed by atoms with Crippen LogP contribution in [0.3, 0.4) is 0 Å². The Morgan fingerprint density at radius 3 is 2.47 bits per heavy atom. The Balaban J connectivity index is 3.01. The molecule has 0 saturated carbocycles. The molecule has 0 amide bonds. The molecule has 1 aromatic heterocycles. The fourth-order valence-corrected chi connectivity index (χ4v) is 1.93. The van der Waals surface area contributed by atoms with Crippen molar-refractivity contribution >= 4 is 0 Å². The van der Waals surface area contributed by atoms with E-state index in [2.05, 4.69) is 32.8 Å². The van der Waals surface area contributed by atoms with E-state index < -0.39 is 0 Å². The second-order valence-electron chi connectivity index (χ2n) is 4.42. The zero-order chi connectivity index (χ0) is 11.4. The fourth-order valence-electron chi connectivity index (χ4n) is 1.93. The normalized spacial score (nSPS) is 11.3. The van der Waals surface area contributed by atoms with Crippen LogP contribution >= 0.6 is 0 Å². The molecule has 3 nitrogen and oxygen atoms in total. The van der Waals surface area contributed by atoms with Gasteiger partial charge in [0, 0.05) is 17.8 Å². The summed E-state index contributed by atoms with van der Waals surface area (Å²) in [5, 5.41) is 14.0. The van der Waals surface area contributed by atoms with Gasteiger partial charge in [-0.3, -0.25) is 4.68 Å². The van der Waals surface area contributed by atoms with Crippen molar-refractivity contribution in [3.05, 3.63) is 11.3 Å². The van der Waals surface area contributed by atoms with E-state index in [0.29, 0.717) is 5.92 Å². The van der Waals surface area contributed by atoms with Gasteiger partial charge in [-0.05, 0) is 25.2 Å². The fraction of sp³-hybridized carbons (Fsp3) is 0.750. The molecule has 0 atom stereocenters. The molecule has 1 rings (SSSR count). The lowest BCUT2D eigenvalue weighted by atomic mass is 10.0. The number of hydrogen-bond acceptors (Lipinski definition) is 2. The Morgan fingerprint density at radius 1 is 1.33 bits per heavy atom. The van der Waals surface area contributed by atoms with Gasteiger partial charge in [-0.2, -0.15) is 0 Å². The van der Waals surface area contributed by atoms with E-state index >= 15 is 0 Å². The lowest BCUT2D eigenvalue weighted by molar-refractivity contribution is 0.428. The Morgan fingerprint density at radius 2 is 2.00 bits per heavy atom. The summed E-state index contributed by atoms with van der Waals surface area (Å²) in [6.07, 6.45) is 2.91. The van der Waals surface area contributed by atoms with Crippen molar-refractivity contribution in [1.29, 1.82) is 0 Å². The minimum atomic E-state index is 0.231. The van der Waals surface area contributed by atoms with Gasteiger partial charge in [0.05, 0.1) is 0 Å². The lowest BCUT2D eigenvalue weighted by Crippen LogP contribution is -2.05. The summed E-state index contributed by atoms with van der Waals surface area (Å²) in [5.74, 6) is 0.787. The number of nitrogens with zero attached hydrogens (tertiary/aromatic N) is 2. The standard InChI is InChI=1S/C12H22N2O/c1-5-7-14-11(6-2)10(8-9(3)4)12(15)13-14/h9H,5-8H2,1-4H3,(H,13,15). The van der Waals surface area contributed by atoms with Gasteiger partial charge in [-0.15, -0.1) is 5.10 Å². The molecule has 0 aliphatic carbocycles. The minimum absolute atomic E-state index is 0.231. The minimum Gasteiger partial charge on any atom is -0.492 e. The molecule has 3 heteroatoms. The molecule has 0 radical (unpaired) electrons. The zero-order valence-electron chi connectivity index (χ0n) is 10.2. The van der Waals surface area contributed by atoms with Crippen LogP contribution in [0.15, 0.2) is 0 Å². The van der Waals surface area contributed by atoms with Crippen molar-refractivity contribution in [3.8, 4) is 5.88 Å². The molecular weight excluding hydrogens is 188 g/mol. The van der Waals surface area contributed by atoms with E-state index in [9.17, 15) is 5.11 Å². The molecule has 0 unspecified atom stereocenters. The molecule has 0 bridgehead atoms. The van der Waals surface area contributed by atoms with Crippen LogP contribution in [0.4, 0.5) is 0 Å². The molecule has 1 aromatic rings. The Bertz CT molecular complexity index is 316. The van der Waals surface area contributed by atoms with E-state index in [4.69, 9.17) is 0 Å². The summed E-state index contributed by atoms with van der Waals surface area (Å²) in [6, 6.07) is 0. The van der Waals surface area contributed by atoms with E-state index in [-0.39, 0.29) is 5.88 Å². The van der Waals surface area contributed by atoms with E-state index in [1.54, 1.807) is 0 Å². The molecule has 86 valence electrons. The Labute approximate surface area is 92.1 Å². The average molecular weight is 210 g/mol. The van der Waals surface area contributed by atoms with Gasteiger partial charge in [0.25, 0.3) is 0 Å². The van der Waals surface area contributed by atoms with Crippen LogP contribution in [0, 0.1) is 5.92 Å². The Kier molecular flexibility index (Phi) is 4.18. The second kappa shape index (κ2) is 5.19. The topological polar surface area (TPSA) is 38.0 Å². The van der Waals surface area contributed by atoms with Crippen LogP contribution in [-0.4, -0.2) is 14.9 Å². The molecule has 1 N–H and O–H groups in total. The SMILES string of the molecule is CCCn1nc(O)c(CC(C)C)c1CC. The molecule has 1 heterocycles. The predicted octanol–water partition coefficient (Wildman–Crippen LogP) is 2.76. The van der Waals surface area contributed by atoms with Crippen molar-refractivity contribution in [2.24, 2.45) is 5.92 Å². The summed E-state index contributed by atoms with van der Waals surface area (Å²) < 4.78 is 1.95. The van der Waals surface area contributed by atoms with Gasteiger partial charge in [-0.25, -0.2) is 0 Å². The van der Waals surface area contributed by atoms with Gasteiger partial charge >= 0.3 is 0 Å². The van der Waals surface area contributed by atoms with Crippen LogP contribution in [0.25, 0.3) is 0 Å². The number of aromatic nitrogens is 2. The molecule has 15 heavy (non-hydrogen) atoms. The van der Waals surface area contributed by atoms with Gasteiger partial charge in [0.1, 0.15) is 0 Å². The van der Waals surface area contributed by atoms with Crippen molar-refractivity contribution in [2.75, 3.05) is 0 Å². The molecule has 0 aliphatic heterocycles. The van der Waals surface area contributed by atoms with Crippen molar-refractivity contribution < 1.29 is 5.11 Å². The molecule has 0 fully saturated rings. The molecule has 0 aromatic carbocycles. The number of aromatic hydroxyl groups is 1. The largest absolute Gasteiger partial charge is 0.492 e. The van der Waals surface area contributed by atoms with Gasteiger partial charge in [0.2, 0.25) is 5.88 Å². The number of rotatable bonds is 5. The highest BCUT2D eigenvalue weighted by Gasteiger charge is 2.16. The van der Waals surface area contributed by atoms with Gasteiger partial charge in [0.15, 0.2) is 0 Å². The summed E-state index contributed by atoms with van der Waals surface area (Å²) in [4.78, 5) is 0. The average Bonchev–Trinajstić information content (AvgIpc) is 2.43.